The third-order valence-electron chi connectivity index (χ3n) is 14.0. The molecule has 2 nitrogen and oxygen atoms in total. The third kappa shape index (κ3) is 4.38. The van der Waals surface area contributed by atoms with Gasteiger partial charge in [0.15, 0.2) is 0 Å². The summed E-state index contributed by atoms with van der Waals surface area (Å²) in [6.07, 6.45) is 2.40. The molecule has 4 heterocycles. The Morgan fingerprint density at radius 2 is 1.35 bits per heavy atom. The molecule has 0 spiro atoms. The van der Waals surface area contributed by atoms with Crippen molar-refractivity contribution in [3.05, 3.63) is 137 Å². The lowest BCUT2D eigenvalue weighted by atomic mass is 9.42. The minimum atomic E-state index is -0.152. The Kier molecular flexibility index (Phi) is 6.55. The van der Waals surface area contributed by atoms with Gasteiger partial charge >= 0.3 is 6.85 Å². The standard InChI is InChI=1S/C51H49BN2S/c1-48(2,3)30-27-33-44-40(23-24-43-45(44)32-15-10-13-20-42(32)55-43)54(31-21-22-34-37(29-31)50(6,7)26-25-49(34,4)5)52-38-18-14-17-36-47(38)53(41(28-30)46(33)52)39-19-12-11-16-35(39)51(36,8)9/h10-24,27-29H,25-26H2,1-9H3. The molecule has 1 aromatic heterocycles. The van der Waals surface area contributed by atoms with Crippen molar-refractivity contribution < 1.29 is 0 Å². The van der Waals surface area contributed by atoms with Gasteiger partial charge in [-0.1, -0.05) is 129 Å². The zero-order valence-corrected chi connectivity index (χ0v) is 34.5. The first-order chi connectivity index (χ1) is 26.2. The predicted octanol–water partition coefficient (Wildman–Crippen LogP) is 13.0. The first-order valence-corrected chi connectivity index (χ1v) is 21.1. The van der Waals surface area contributed by atoms with Crippen LogP contribution in [0.4, 0.5) is 28.4 Å². The Labute approximate surface area is 330 Å². The summed E-state index contributed by atoms with van der Waals surface area (Å²) >= 11 is 1.93. The maximum Gasteiger partial charge on any atom is 0.333 e. The topological polar surface area (TPSA) is 6.48 Å². The van der Waals surface area contributed by atoms with E-state index in [-0.39, 0.29) is 28.5 Å². The Bertz CT molecular complexity index is 2810. The second-order valence-electron chi connectivity index (χ2n) is 19.6. The molecule has 272 valence electrons. The molecule has 0 bridgehead atoms. The van der Waals surface area contributed by atoms with Crippen molar-refractivity contribution in [3.63, 3.8) is 0 Å². The van der Waals surface area contributed by atoms with E-state index in [4.69, 9.17) is 0 Å². The lowest BCUT2D eigenvalue weighted by Gasteiger charge is -2.51. The van der Waals surface area contributed by atoms with Gasteiger partial charge in [0.1, 0.15) is 0 Å². The van der Waals surface area contributed by atoms with Crippen LogP contribution in [0.3, 0.4) is 0 Å². The van der Waals surface area contributed by atoms with Crippen LogP contribution >= 0.6 is 11.3 Å². The number of thiophene rings is 1. The van der Waals surface area contributed by atoms with Crippen LogP contribution in [-0.2, 0) is 21.7 Å². The number of fused-ring (bicyclic) bond motifs is 11. The highest BCUT2D eigenvalue weighted by Crippen LogP contribution is 2.57. The molecule has 0 fully saturated rings. The van der Waals surface area contributed by atoms with E-state index < -0.39 is 0 Å². The first-order valence-electron chi connectivity index (χ1n) is 20.3. The summed E-state index contributed by atoms with van der Waals surface area (Å²) in [5, 5.41) is 2.73. The van der Waals surface area contributed by atoms with Crippen LogP contribution in [-0.4, -0.2) is 6.85 Å². The molecule has 4 aliphatic rings. The molecule has 11 rings (SSSR count). The molecular weight excluding hydrogens is 683 g/mol. The normalized spacial score (nSPS) is 18.1. The average Bonchev–Trinajstić information content (AvgIpc) is 3.54. The number of hydrogen-bond acceptors (Lipinski definition) is 3. The largest absolute Gasteiger partial charge is 0.376 e. The van der Waals surface area contributed by atoms with Gasteiger partial charge in [-0.05, 0) is 116 Å². The van der Waals surface area contributed by atoms with E-state index in [2.05, 4.69) is 181 Å². The zero-order chi connectivity index (χ0) is 38.0. The maximum atomic E-state index is 2.75. The number of rotatable bonds is 1. The summed E-state index contributed by atoms with van der Waals surface area (Å²) in [4.78, 5) is 5.41. The molecule has 0 amide bonds. The monoisotopic (exact) mass is 732 g/mol. The van der Waals surface area contributed by atoms with Crippen LogP contribution in [0.1, 0.15) is 103 Å². The second kappa shape index (κ2) is 10.7. The number of nitrogens with zero attached hydrogens (tertiary/aromatic N) is 2. The van der Waals surface area contributed by atoms with Crippen LogP contribution in [0.15, 0.2) is 109 Å². The highest BCUT2D eigenvalue weighted by molar-refractivity contribution is 7.26. The van der Waals surface area contributed by atoms with Crippen LogP contribution < -0.4 is 20.6 Å². The predicted molar refractivity (Wildman–Crippen MR) is 239 cm³/mol. The molecule has 6 aromatic carbocycles. The number of hydrogen-bond donors (Lipinski definition) is 0. The van der Waals surface area contributed by atoms with E-state index in [1.54, 1.807) is 0 Å². The SMILES string of the molecule is CC(C)(C)c1cc2c3c(c1)N1c4ccccc4C(C)(C)c4cccc(c41)B3N(c1ccc3c(c1)C(C)(C)CCC3(C)C)c1ccc3sc4ccccc4c3c1-2. The van der Waals surface area contributed by atoms with Gasteiger partial charge in [-0.25, -0.2) is 0 Å². The van der Waals surface area contributed by atoms with Crippen molar-refractivity contribution in [1.29, 1.82) is 0 Å². The third-order valence-corrected chi connectivity index (χ3v) is 15.2. The number of benzene rings is 6. The average molecular weight is 733 g/mol. The zero-order valence-electron chi connectivity index (χ0n) is 33.7. The summed E-state index contributed by atoms with van der Waals surface area (Å²) in [7, 11) is 0. The number of para-hydroxylation sites is 2. The van der Waals surface area contributed by atoms with Crippen molar-refractivity contribution >= 4 is 77.7 Å². The van der Waals surface area contributed by atoms with E-state index in [1.165, 1.54) is 111 Å². The van der Waals surface area contributed by atoms with Crippen molar-refractivity contribution in [3.8, 4) is 11.1 Å². The molecule has 0 radical (unpaired) electrons. The van der Waals surface area contributed by atoms with Gasteiger partial charge < -0.3 is 9.71 Å². The molecule has 0 unspecified atom stereocenters. The van der Waals surface area contributed by atoms with E-state index >= 15 is 0 Å². The van der Waals surface area contributed by atoms with E-state index in [9.17, 15) is 0 Å². The molecule has 0 saturated carbocycles. The Morgan fingerprint density at radius 3 is 2.15 bits per heavy atom. The molecular formula is C51H49BN2S. The minimum absolute atomic E-state index is 0.00102. The smallest absolute Gasteiger partial charge is 0.333 e. The van der Waals surface area contributed by atoms with E-state index in [1.807, 2.05) is 11.3 Å². The number of anilines is 5. The quantitative estimate of drug-likeness (QED) is 0.155. The minimum Gasteiger partial charge on any atom is -0.376 e. The highest BCUT2D eigenvalue weighted by atomic mass is 32.1. The van der Waals surface area contributed by atoms with Crippen molar-refractivity contribution in [2.24, 2.45) is 0 Å². The van der Waals surface area contributed by atoms with Gasteiger partial charge in [0, 0.05) is 53.9 Å². The van der Waals surface area contributed by atoms with Crippen LogP contribution in [0.2, 0.25) is 0 Å². The van der Waals surface area contributed by atoms with Gasteiger partial charge in [0.25, 0.3) is 0 Å². The fourth-order valence-electron chi connectivity index (χ4n) is 10.9. The van der Waals surface area contributed by atoms with E-state index in [0.29, 0.717) is 0 Å². The van der Waals surface area contributed by atoms with Crippen molar-refractivity contribution in [2.45, 2.75) is 96.8 Å². The molecule has 0 atom stereocenters. The molecule has 0 saturated heterocycles. The fourth-order valence-corrected chi connectivity index (χ4v) is 12.0. The first kappa shape index (κ1) is 33.5. The summed E-state index contributed by atoms with van der Waals surface area (Å²) < 4.78 is 2.70. The summed E-state index contributed by atoms with van der Waals surface area (Å²) in [5.41, 5.74) is 19.3. The Morgan fingerprint density at radius 1 is 0.618 bits per heavy atom. The molecule has 1 aliphatic carbocycles. The Balaban J connectivity index is 1.32. The highest BCUT2D eigenvalue weighted by Gasteiger charge is 2.50. The van der Waals surface area contributed by atoms with Crippen LogP contribution in [0, 0.1) is 0 Å². The molecule has 0 N–H and O–H groups in total. The van der Waals surface area contributed by atoms with Crippen molar-refractivity contribution in [1.82, 2.24) is 0 Å². The summed E-state index contributed by atoms with van der Waals surface area (Å²) in [5.74, 6) is 0. The molecule has 7 aromatic rings. The molecule has 4 heteroatoms. The van der Waals surface area contributed by atoms with Crippen molar-refractivity contribution in [2.75, 3.05) is 9.71 Å². The van der Waals surface area contributed by atoms with Gasteiger partial charge in [-0.3, -0.25) is 0 Å². The van der Waals surface area contributed by atoms with Gasteiger partial charge in [0.05, 0.1) is 5.69 Å². The van der Waals surface area contributed by atoms with E-state index in [0.717, 1.165) is 0 Å². The second-order valence-corrected chi connectivity index (χ2v) is 20.7. The van der Waals surface area contributed by atoms with Gasteiger partial charge in [0.2, 0.25) is 0 Å². The lowest BCUT2D eigenvalue weighted by molar-refractivity contribution is 0.332. The van der Waals surface area contributed by atoms with Gasteiger partial charge in [-0.2, -0.15) is 0 Å². The summed E-state index contributed by atoms with van der Waals surface area (Å²) in [6, 6.07) is 42.9. The van der Waals surface area contributed by atoms with Crippen LogP contribution in [0.25, 0.3) is 31.3 Å². The molecule has 3 aliphatic heterocycles. The molecule has 55 heavy (non-hydrogen) atoms. The maximum absolute atomic E-state index is 2.75. The van der Waals surface area contributed by atoms with Crippen LogP contribution in [0.5, 0.6) is 0 Å². The van der Waals surface area contributed by atoms with Gasteiger partial charge in [-0.15, -0.1) is 11.3 Å². The lowest BCUT2D eigenvalue weighted by Crippen LogP contribution is -2.62. The fraction of sp³-hybridized carbons (Fsp3) is 0.294. The Hall–Kier alpha value is -4.80. The summed E-state index contributed by atoms with van der Waals surface area (Å²) in [6.45, 7) is 21.8.